The molecule has 2 aromatic rings. The number of amides is 1. The maximum absolute atomic E-state index is 12.8. The lowest BCUT2D eigenvalue weighted by atomic mass is 10.0. The summed E-state index contributed by atoms with van der Waals surface area (Å²) < 4.78 is 1.09. The summed E-state index contributed by atoms with van der Waals surface area (Å²) in [6, 6.07) is 8.32. The molecule has 1 saturated heterocycles. The van der Waals surface area contributed by atoms with E-state index in [0.29, 0.717) is 22.5 Å². The third kappa shape index (κ3) is 2.08. The summed E-state index contributed by atoms with van der Waals surface area (Å²) in [5.41, 5.74) is 6.84. The van der Waals surface area contributed by atoms with Crippen molar-refractivity contribution in [1.29, 1.82) is 0 Å². The molecule has 1 atom stereocenters. The first-order valence-corrected chi connectivity index (χ1v) is 7.99. The molecule has 2 N–H and O–H groups in total. The minimum atomic E-state index is 0.111. The summed E-state index contributed by atoms with van der Waals surface area (Å²) in [5.74, 6) is 0.608. The van der Waals surface area contributed by atoms with Gasteiger partial charge in [0.25, 0.3) is 5.91 Å². The highest BCUT2D eigenvalue weighted by molar-refractivity contribution is 7.21. The van der Waals surface area contributed by atoms with Crippen LogP contribution in [-0.2, 0) is 0 Å². The summed E-state index contributed by atoms with van der Waals surface area (Å²) in [6.07, 6.45) is 2.20. The Morgan fingerprint density at radius 1 is 1.40 bits per heavy atom. The van der Waals surface area contributed by atoms with Crippen LogP contribution in [0.25, 0.3) is 10.1 Å². The van der Waals surface area contributed by atoms with Gasteiger partial charge in [-0.25, -0.2) is 0 Å². The predicted octanol–water partition coefficient (Wildman–Crippen LogP) is 3.74. The van der Waals surface area contributed by atoms with Crippen LogP contribution >= 0.6 is 11.3 Å². The van der Waals surface area contributed by atoms with Gasteiger partial charge in [-0.3, -0.25) is 4.79 Å². The van der Waals surface area contributed by atoms with E-state index in [2.05, 4.69) is 13.8 Å². The lowest BCUT2D eigenvalue weighted by Gasteiger charge is -2.27. The van der Waals surface area contributed by atoms with Crippen molar-refractivity contribution in [3.05, 3.63) is 29.1 Å². The highest BCUT2D eigenvalue weighted by atomic mass is 32.1. The second-order valence-corrected chi connectivity index (χ2v) is 6.85. The van der Waals surface area contributed by atoms with Gasteiger partial charge in [-0.05, 0) is 24.8 Å². The number of nitrogens with zero attached hydrogens (tertiary/aromatic N) is 1. The van der Waals surface area contributed by atoms with Gasteiger partial charge >= 0.3 is 0 Å². The number of nitrogen functional groups attached to an aromatic ring is 1. The van der Waals surface area contributed by atoms with E-state index >= 15 is 0 Å². The molecule has 3 nitrogen and oxygen atoms in total. The first-order valence-electron chi connectivity index (χ1n) is 7.17. The van der Waals surface area contributed by atoms with Crippen molar-refractivity contribution in [1.82, 2.24) is 4.90 Å². The zero-order chi connectivity index (χ0) is 14.3. The maximum Gasteiger partial charge on any atom is 0.266 e. The van der Waals surface area contributed by atoms with Crippen molar-refractivity contribution >= 4 is 33.0 Å². The quantitative estimate of drug-likeness (QED) is 0.915. The molecule has 1 aromatic heterocycles. The van der Waals surface area contributed by atoms with Crippen molar-refractivity contribution < 1.29 is 4.79 Å². The van der Waals surface area contributed by atoms with Crippen molar-refractivity contribution in [2.24, 2.45) is 5.92 Å². The number of rotatable bonds is 2. The molecule has 106 valence electrons. The Morgan fingerprint density at radius 2 is 2.15 bits per heavy atom. The van der Waals surface area contributed by atoms with E-state index in [1.54, 1.807) is 0 Å². The third-order valence-electron chi connectivity index (χ3n) is 4.16. The number of likely N-dealkylation sites (tertiary alicyclic amines) is 1. The van der Waals surface area contributed by atoms with Gasteiger partial charge in [-0.15, -0.1) is 11.3 Å². The van der Waals surface area contributed by atoms with E-state index in [0.717, 1.165) is 29.5 Å². The van der Waals surface area contributed by atoms with Crippen LogP contribution in [0.3, 0.4) is 0 Å². The SMILES string of the molecule is CC(C)C1CCCN1C(=O)c1sc2ccccc2c1N. The molecule has 2 heterocycles. The molecule has 0 spiro atoms. The molecule has 3 rings (SSSR count). The number of carbonyl (C=O) groups excluding carboxylic acids is 1. The van der Waals surface area contributed by atoms with Crippen LogP contribution in [0, 0.1) is 5.92 Å². The first-order chi connectivity index (χ1) is 9.59. The summed E-state index contributed by atoms with van der Waals surface area (Å²) >= 11 is 1.52. The number of hydrogen-bond donors (Lipinski definition) is 1. The lowest BCUT2D eigenvalue weighted by Crippen LogP contribution is -2.38. The van der Waals surface area contributed by atoms with Crippen molar-refractivity contribution in [3.8, 4) is 0 Å². The van der Waals surface area contributed by atoms with Gasteiger partial charge in [0.1, 0.15) is 4.88 Å². The number of benzene rings is 1. The van der Waals surface area contributed by atoms with Crippen molar-refractivity contribution in [2.75, 3.05) is 12.3 Å². The highest BCUT2D eigenvalue weighted by Crippen LogP contribution is 2.36. The van der Waals surface area contributed by atoms with Crippen molar-refractivity contribution in [3.63, 3.8) is 0 Å². The van der Waals surface area contributed by atoms with E-state index in [1.165, 1.54) is 11.3 Å². The Labute approximate surface area is 123 Å². The number of nitrogens with two attached hydrogens (primary N) is 1. The number of thiophene rings is 1. The largest absolute Gasteiger partial charge is 0.397 e. The average molecular weight is 288 g/mol. The number of hydrogen-bond acceptors (Lipinski definition) is 3. The van der Waals surface area contributed by atoms with Crippen LogP contribution in [0.4, 0.5) is 5.69 Å². The Hall–Kier alpha value is -1.55. The molecule has 1 amide bonds. The third-order valence-corrected chi connectivity index (χ3v) is 5.33. The zero-order valence-corrected chi connectivity index (χ0v) is 12.7. The molecular formula is C16H20N2OS. The number of carbonyl (C=O) groups is 1. The molecule has 0 bridgehead atoms. The summed E-state index contributed by atoms with van der Waals surface area (Å²) in [6.45, 7) is 5.23. The van der Waals surface area contributed by atoms with Crippen LogP contribution < -0.4 is 5.73 Å². The molecule has 0 radical (unpaired) electrons. The molecule has 1 unspecified atom stereocenters. The van der Waals surface area contributed by atoms with E-state index < -0.39 is 0 Å². The molecule has 1 aliphatic heterocycles. The van der Waals surface area contributed by atoms with E-state index in [-0.39, 0.29) is 5.91 Å². The van der Waals surface area contributed by atoms with Crippen LogP contribution in [0.15, 0.2) is 24.3 Å². The van der Waals surface area contributed by atoms with Gasteiger partial charge in [-0.1, -0.05) is 32.0 Å². The lowest BCUT2D eigenvalue weighted by molar-refractivity contribution is 0.0707. The van der Waals surface area contributed by atoms with Gasteiger partial charge in [0.05, 0.1) is 5.69 Å². The zero-order valence-electron chi connectivity index (χ0n) is 11.9. The molecule has 0 saturated carbocycles. The molecule has 4 heteroatoms. The minimum absolute atomic E-state index is 0.111. The van der Waals surface area contributed by atoms with E-state index in [4.69, 9.17) is 5.73 Å². The Morgan fingerprint density at radius 3 is 2.85 bits per heavy atom. The predicted molar refractivity (Wildman–Crippen MR) is 85.1 cm³/mol. The van der Waals surface area contributed by atoms with Crippen LogP contribution in [0.5, 0.6) is 0 Å². The second kappa shape index (κ2) is 5.09. The standard InChI is InChI=1S/C16H20N2OS/c1-10(2)12-7-5-9-18(12)16(19)15-14(17)11-6-3-4-8-13(11)20-15/h3-4,6,8,10,12H,5,7,9,17H2,1-2H3. The molecule has 1 aliphatic rings. The normalized spacial score (nSPS) is 19.1. The Kier molecular flexibility index (Phi) is 3.42. The van der Waals surface area contributed by atoms with Crippen LogP contribution in [0.2, 0.25) is 0 Å². The fourth-order valence-electron chi connectivity index (χ4n) is 3.09. The fraction of sp³-hybridized carbons (Fsp3) is 0.438. The Balaban J connectivity index is 1.98. The van der Waals surface area contributed by atoms with Gasteiger partial charge in [0.2, 0.25) is 0 Å². The minimum Gasteiger partial charge on any atom is -0.397 e. The summed E-state index contributed by atoms with van der Waals surface area (Å²) in [4.78, 5) is 15.5. The molecule has 1 fully saturated rings. The Bertz CT molecular complexity index is 647. The summed E-state index contributed by atoms with van der Waals surface area (Å²) in [5, 5.41) is 1.00. The van der Waals surface area contributed by atoms with E-state index in [9.17, 15) is 4.79 Å². The fourth-order valence-corrected chi connectivity index (χ4v) is 4.17. The number of fused-ring (bicyclic) bond motifs is 1. The van der Waals surface area contributed by atoms with Crippen molar-refractivity contribution in [2.45, 2.75) is 32.7 Å². The smallest absolute Gasteiger partial charge is 0.266 e. The van der Waals surface area contributed by atoms with Gasteiger partial charge in [0, 0.05) is 22.7 Å². The molecular weight excluding hydrogens is 268 g/mol. The van der Waals surface area contributed by atoms with E-state index in [1.807, 2.05) is 29.2 Å². The monoisotopic (exact) mass is 288 g/mol. The molecule has 20 heavy (non-hydrogen) atoms. The highest BCUT2D eigenvalue weighted by Gasteiger charge is 2.33. The topological polar surface area (TPSA) is 46.3 Å². The van der Waals surface area contributed by atoms with Gasteiger partial charge in [0.15, 0.2) is 0 Å². The van der Waals surface area contributed by atoms with Crippen LogP contribution in [-0.4, -0.2) is 23.4 Å². The van der Waals surface area contributed by atoms with Gasteiger partial charge in [-0.2, -0.15) is 0 Å². The summed E-state index contributed by atoms with van der Waals surface area (Å²) in [7, 11) is 0. The molecule has 1 aromatic carbocycles. The molecule has 0 aliphatic carbocycles. The maximum atomic E-state index is 12.8. The average Bonchev–Trinajstić information content (AvgIpc) is 3.04. The second-order valence-electron chi connectivity index (χ2n) is 5.79. The van der Waals surface area contributed by atoms with Crippen LogP contribution in [0.1, 0.15) is 36.4 Å². The first kappa shape index (κ1) is 13.4. The number of anilines is 1. The van der Waals surface area contributed by atoms with Gasteiger partial charge < -0.3 is 10.6 Å².